The van der Waals surface area contributed by atoms with E-state index in [4.69, 9.17) is 0 Å². The number of benzene rings is 9. The first-order valence-electron chi connectivity index (χ1n) is 21.4. The molecule has 0 bridgehead atoms. The van der Waals surface area contributed by atoms with Crippen LogP contribution in [0, 0.1) is 0 Å². The Kier molecular flexibility index (Phi) is 9.09. The second-order valence-corrected chi connectivity index (χ2v) is 18.3. The fourth-order valence-corrected chi connectivity index (χ4v) is 10.9. The van der Waals surface area contributed by atoms with Crippen molar-refractivity contribution in [2.24, 2.45) is 0 Å². The third kappa shape index (κ3) is 6.64. The normalized spacial score (nSPS) is 13.4. The number of aryl methyl sites for hydroxylation is 1. The van der Waals surface area contributed by atoms with Crippen LogP contribution in [-0.4, -0.2) is 0 Å². The summed E-state index contributed by atoms with van der Waals surface area (Å²) in [6, 6.07) is 75.1. The van der Waals surface area contributed by atoms with Gasteiger partial charge >= 0.3 is 0 Å². The van der Waals surface area contributed by atoms with Gasteiger partial charge in [-0.1, -0.05) is 184 Å². The minimum atomic E-state index is -0.0916. The van der Waals surface area contributed by atoms with Crippen LogP contribution in [-0.2, 0) is 18.3 Å². The molecule has 0 spiro atoms. The van der Waals surface area contributed by atoms with Gasteiger partial charge in [0.1, 0.15) is 0 Å². The predicted octanol–water partition coefficient (Wildman–Crippen LogP) is 16.5. The molecule has 1 aliphatic rings. The quantitative estimate of drug-likeness (QED) is 0.137. The maximum atomic E-state index is 2.55. The summed E-state index contributed by atoms with van der Waals surface area (Å²) in [4.78, 5) is 0. The monoisotopic (exact) mass is 786 g/mol. The first-order chi connectivity index (χ1) is 29.4. The van der Waals surface area contributed by atoms with Crippen molar-refractivity contribution in [3.63, 3.8) is 0 Å². The maximum absolute atomic E-state index is 2.55. The van der Waals surface area contributed by atoms with Crippen molar-refractivity contribution in [3.8, 4) is 44.5 Å². The van der Waals surface area contributed by atoms with Crippen molar-refractivity contribution in [3.05, 3.63) is 228 Å². The van der Waals surface area contributed by atoms with Gasteiger partial charge in [-0.3, -0.25) is 0 Å². The molecule has 1 aliphatic carbocycles. The predicted molar refractivity (Wildman–Crippen MR) is 258 cm³/mol. The molecule has 1 unspecified atom stereocenters. The van der Waals surface area contributed by atoms with Gasteiger partial charge in [0.25, 0.3) is 0 Å². The zero-order chi connectivity index (χ0) is 40.2. The van der Waals surface area contributed by atoms with Gasteiger partial charge in [0.2, 0.25) is 0 Å². The van der Waals surface area contributed by atoms with E-state index in [-0.39, 0.29) is 5.41 Å². The Bertz CT molecular complexity index is 3180. The highest BCUT2D eigenvalue weighted by Gasteiger charge is 2.36. The Morgan fingerprint density at radius 1 is 0.417 bits per heavy atom. The Hall–Kier alpha value is -6.54. The molecule has 1 atom stereocenters. The molecule has 0 saturated heterocycles. The molecule has 1 heterocycles. The standard InChI is InChI=1S/C59H46S/c1-59(2)55-37-49(41-10-4-3-5-11-41)28-31-51(55)52-32-29-50(38-56(52)59)46(34-40-19-23-43(24-20-40)47-27-26-42-12-6-7-13-45(42)35-47)25-18-39-16-21-44(22-17-39)48-30-33-58-54(36-48)53-14-8-9-15-57(53)60-58/h3-17,19-24,26-33,35-38,46H,18,25,34H2,1-2H3. The second kappa shape index (κ2) is 14.9. The molecule has 9 aromatic carbocycles. The van der Waals surface area contributed by atoms with Gasteiger partial charge in [-0.2, -0.15) is 0 Å². The third-order valence-corrected chi connectivity index (χ3v) is 14.4. The van der Waals surface area contributed by atoms with Gasteiger partial charge in [0, 0.05) is 25.6 Å². The molecule has 0 aliphatic heterocycles. The zero-order valence-electron chi connectivity index (χ0n) is 34.2. The molecular weight excluding hydrogens is 741 g/mol. The highest BCUT2D eigenvalue weighted by molar-refractivity contribution is 7.25. The highest BCUT2D eigenvalue weighted by Crippen LogP contribution is 2.50. The Balaban J connectivity index is 0.892. The van der Waals surface area contributed by atoms with Crippen LogP contribution in [0.3, 0.4) is 0 Å². The van der Waals surface area contributed by atoms with Crippen molar-refractivity contribution in [1.29, 1.82) is 0 Å². The second-order valence-electron chi connectivity index (χ2n) is 17.3. The first-order valence-corrected chi connectivity index (χ1v) is 22.2. The van der Waals surface area contributed by atoms with Crippen molar-refractivity contribution >= 4 is 42.3 Å². The average Bonchev–Trinajstić information content (AvgIpc) is 3.79. The molecule has 11 rings (SSSR count). The summed E-state index contributed by atoms with van der Waals surface area (Å²) in [5, 5.41) is 5.26. The van der Waals surface area contributed by atoms with Crippen molar-refractivity contribution in [2.45, 2.75) is 44.4 Å². The first kappa shape index (κ1) is 36.5. The summed E-state index contributed by atoms with van der Waals surface area (Å²) >= 11 is 1.88. The fraction of sp³-hybridized carbons (Fsp3) is 0.119. The van der Waals surface area contributed by atoms with E-state index < -0.39 is 0 Å². The van der Waals surface area contributed by atoms with Crippen LogP contribution in [0.2, 0.25) is 0 Å². The van der Waals surface area contributed by atoms with E-state index in [1.54, 1.807) is 0 Å². The largest absolute Gasteiger partial charge is 0.135 e. The third-order valence-electron chi connectivity index (χ3n) is 13.2. The van der Waals surface area contributed by atoms with Crippen LogP contribution in [0.1, 0.15) is 54.0 Å². The van der Waals surface area contributed by atoms with Crippen LogP contribution in [0.4, 0.5) is 0 Å². The molecule has 10 aromatic rings. The summed E-state index contributed by atoms with van der Waals surface area (Å²) in [7, 11) is 0. The van der Waals surface area contributed by atoms with Crippen LogP contribution < -0.4 is 0 Å². The van der Waals surface area contributed by atoms with Gasteiger partial charge < -0.3 is 0 Å². The van der Waals surface area contributed by atoms with Crippen LogP contribution in [0.5, 0.6) is 0 Å². The Labute approximate surface area is 357 Å². The van der Waals surface area contributed by atoms with E-state index in [9.17, 15) is 0 Å². The van der Waals surface area contributed by atoms with Gasteiger partial charge in [0.15, 0.2) is 0 Å². The van der Waals surface area contributed by atoms with E-state index >= 15 is 0 Å². The minimum Gasteiger partial charge on any atom is -0.135 e. The zero-order valence-corrected chi connectivity index (χ0v) is 35.0. The van der Waals surface area contributed by atoms with Crippen LogP contribution >= 0.6 is 11.3 Å². The van der Waals surface area contributed by atoms with Crippen molar-refractivity contribution in [2.75, 3.05) is 0 Å². The summed E-state index contributed by atoms with van der Waals surface area (Å²) in [6.07, 6.45) is 3.09. The van der Waals surface area contributed by atoms with Gasteiger partial charge in [-0.15, -0.1) is 11.3 Å². The molecule has 0 nitrogen and oxygen atoms in total. The summed E-state index contributed by atoms with van der Waals surface area (Å²) in [6.45, 7) is 4.83. The van der Waals surface area contributed by atoms with Crippen molar-refractivity contribution in [1.82, 2.24) is 0 Å². The van der Waals surface area contributed by atoms with Crippen molar-refractivity contribution < 1.29 is 0 Å². The molecule has 60 heavy (non-hydrogen) atoms. The smallest absolute Gasteiger partial charge is 0.0355 e. The highest BCUT2D eigenvalue weighted by atomic mass is 32.1. The number of thiophene rings is 1. The maximum Gasteiger partial charge on any atom is 0.0355 e. The molecule has 1 heteroatoms. The summed E-state index contributed by atoms with van der Waals surface area (Å²) < 4.78 is 2.70. The molecule has 0 saturated carbocycles. The van der Waals surface area contributed by atoms with E-state index in [0.717, 1.165) is 19.3 Å². The van der Waals surface area contributed by atoms with Crippen LogP contribution in [0.25, 0.3) is 75.5 Å². The minimum absolute atomic E-state index is 0.0916. The lowest BCUT2D eigenvalue weighted by Gasteiger charge is -2.24. The molecule has 1 aromatic heterocycles. The average molecular weight is 787 g/mol. The molecular formula is C59H46S. The van der Waals surface area contributed by atoms with Gasteiger partial charge in [0.05, 0.1) is 0 Å². The number of rotatable bonds is 9. The van der Waals surface area contributed by atoms with E-state index in [1.165, 1.54) is 103 Å². The number of fused-ring (bicyclic) bond motifs is 7. The van der Waals surface area contributed by atoms with Crippen LogP contribution in [0.15, 0.2) is 200 Å². The Morgan fingerprint density at radius 3 is 1.78 bits per heavy atom. The van der Waals surface area contributed by atoms with Gasteiger partial charge in [-0.25, -0.2) is 0 Å². The molecule has 0 radical (unpaired) electrons. The lowest BCUT2D eigenvalue weighted by molar-refractivity contribution is 0.614. The van der Waals surface area contributed by atoms with E-state index in [1.807, 2.05) is 11.3 Å². The topological polar surface area (TPSA) is 0 Å². The lowest BCUT2D eigenvalue weighted by atomic mass is 9.79. The molecule has 0 N–H and O–H groups in total. The fourth-order valence-electron chi connectivity index (χ4n) is 9.80. The van der Waals surface area contributed by atoms with E-state index in [0.29, 0.717) is 5.92 Å². The summed E-state index contributed by atoms with van der Waals surface area (Å²) in [5.41, 5.74) is 17.3. The molecule has 288 valence electrons. The SMILES string of the molecule is CC1(C)c2cc(-c3ccccc3)ccc2-c2ccc(C(CCc3ccc(-c4ccc5sc6ccccc6c5c4)cc3)Cc3ccc(-c4ccc5ccccc5c4)cc3)cc21. The molecule has 0 fully saturated rings. The number of hydrogen-bond acceptors (Lipinski definition) is 1. The number of hydrogen-bond donors (Lipinski definition) is 0. The molecule has 0 amide bonds. The van der Waals surface area contributed by atoms with Gasteiger partial charge in [-0.05, 0) is 139 Å². The lowest BCUT2D eigenvalue weighted by Crippen LogP contribution is -2.16. The van der Waals surface area contributed by atoms with E-state index in [2.05, 4.69) is 214 Å². The Morgan fingerprint density at radius 2 is 0.983 bits per heavy atom. The summed E-state index contributed by atoms with van der Waals surface area (Å²) in [5.74, 6) is 0.371.